The van der Waals surface area contributed by atoms with E-state index >= 15 is 4.39 Å². The van der Waals surface area contributed by atoms with Crippen molar-refractivity contribution in [3.8, 4) is 0 Å². The van der Waals surface area contributed by atoms with Crippen LogP contribution in [0, 0.1) is 18.2 Å². The molecule has 2 aromatic rings. The number of pyridine rings is 1. The lowest BCUT2D eigenvalue weighted by molar-refractivity contribution is 0.0455. The van der Waals surface area contributed by atoms with Gasteiger partial charge in [0.25, 0.3) is 0 Å². The van der Waals surface area contributed by atoms with E-state index in [1.807, 2.05) is 11.5 Å². The van der Waals surface area contributed by atoms with Gasteiger partial charge in [0.1, 0.15) is 11.4 Å². The highest BCUT2D eigenvalue weighted by Gasteiger charge is 2.50. The highest BCUT2D eigenvalue weighted by molar-refractivity contribution is 5.94. The van der Waals surface area contributed by atoms with Crippen molar-refractivity contribution in [1.29, 1.82) is 0 Å². The summed E-state index contributed by atoms with van der Waals surface area (Å²) in [4.78, 5) is 24.4. The molecule has 0 bridgehead atoms. The van der Waals surface area contributed by atoms with Gasteiger partial charge >= 0.3 is 5.97 Å². The summed E-state index contributed by atoms with van der Waals surface area (Å²) >= 11 is 0. The van der Waals surface area contributed by atoms with Crippen LogP contribution < -0.4 is 16.5 Å². The van der Waals surface area contributed by atoms with Crippen molar-refractivity contribution in [2.75, 3.05) is 13.1 Å². The lowest BCUT2D eigenvalue weighted by Gasteiger charge is -2.54. The van der Waals surface area contributed by atoms with Gasteiger partial charge in [0.2, 0.25) is 5.43 Å². The Morgan fingerprint density at radius 3 is 2.72 bits per heavy atom. The van der Waals surface area contributed by atoms with E-state index in [0.29, 0.717) is 11.1 Å². The van der Waals surface area contributed by atoms with Gasteiger partial charge in [-0.05, 0) is 67.6 Å². The molecule has 1 spiro atoms. The number of aromatic carboxylic acids is 1. The van der Waals surface area contributed by atoms with Crippen LogP contribution in [0.15, 0.2) is 17.1 Å². The van der Waals surface area contributed by atoms with Crippen LogP contribution in [0.1, 0.15) is 65.5 Å². The Labute approximate surface area is 167 Å². The Kier molecular flexibility index (Phi) is 4.12. The predicted octanol–water partition coefficient (Wildman–Crippen LogP) is 2.67. The fourth-order valence-electron chi connectivity index (χ4n) is 5.69. The summed E-state index contributed by atoms with van der Waals surface area (Å²) in [6.07, 6.45) is 6.12. The van der Waals surface area contributed by atoms with Crippen LogP contribution >= 0.6 is 0 Å². The molecule has 1 aromatic heterocycles. The second kappa shape index (κ2) is 6.37. The molecule has 5 rings (SSSR count). The van der Waals surface area contributed by atoms with Crippen molar-refractivity contribution in [2.24, 2.45) is 11.1 Å². The number of aryl methyl sites for hydroxylation is 1. The van der Waals surface area contributed by atoms with E-state index in [9.17, 15) is 14.7 Å². The normalized spacial score (nSPS) is 29.2. The van der Waals surface area contributed by atoms with Gasteiger partial charge in [0.15, 0.2) is 0 Å². The van der Waals surface area contributed by atoms with Gasteiger partial charge < -0.3 is 20.7 Å². The van der Waals surface area contributed by atoms with Gasteiger partial charge in [-0.25, -0.2) is 9.18 Å². The van der Waals surface area contributed by atoms with Crippen LogP contribution in [-0.4, -0.2) is 34.8 Å². The van der Waals surface area contributed by atoms with Crippen LogP contribution in [0.25, 0.3) is 10.9 Å². The van der Waals surface area contributed by atoms with Crippen molar-refractivity contribution in [3.63, 3.8) is 0 Å². The van der Waals surface area contributed by atoms with Crippen molar-refractivity contribution in [3.05, 3.63) is 45.0 Å². The molecule has 6 nitrogen and oxygen atoms in total. The Balaban J connectivity index is 1.72. The number of nitrogens with zero attached hydrogens (tertiary/aromatic N) is 1. The Bertz CT molecular complexity index is 1090. The number of benzene rings is 1. The molecule has 1 aliphatic heterocycles. The SMILES string of the molecule is Cc1c(C2CCC23CNCC(N)C3)c(F)cc2c(=O)c(C(=O)O)cn(C3CC3)c12. The van der Waals surface area contributed by atoms with E-state index in [1.165, 1.54) is 12.3 Å². The smallest absolute Gasteiger partial charge is 0.341 e. The topological polar surface area (TPSA) is 97.3 Å². The van der Waals surface area contributed by atoms with Gasteiger partial charge in [0.05, 0.1) is 5.52 Å². The second-order valence-electron chi connectivity index (χ2n) is 9.16. The molecular weight excluding hydrogens is 373 g/mol. The quantitative estimate of drug-likeness (QED) is 0.737. The summed E-state index contributed by atoms with van der Waals surface area (Å²) in [7, 11) is 0. The fraction of sp³-hybridized carbons (Fsp3) is 0.545. The van der Waals surface area contributed by atoms with Gasteiger partial charge in [-0.3, -0.25) is 4.79 Å². The summed E-state index contributed by atoms with van der Waals surface area (Å²) in [6, 6.07) is 1.51. The lowest BCUT2D eigenvalue weighted by atomic mass is 9.53. The van der Waals surface area contributed by atoms with Crippen molar-refractivity contribution in [2.45, 2.75) is 57.0 Å². The molecule has 4 N–H and O–H groups in total. The molecule has 29 heavy (non-hydrogen) atoms. The third kappa shape index (κ3) is 2.74. The van der Waals surface area contributed by atoms with Crippen LogP contribution in [0.3, 0.4) is 0 Å². The van der Waals surface area contributed by atoms with Gasteiger partial charge in [0, 0.05) is 36.8 Å². The molecule has 0 radical (unpaired) electrons. The molecular formula is C22H26FN3O3. The zero-order chi connectivity index (χ0) is 20.5. The number of piperidine rings is 1. The number of nitrogens with two attached hydrogens (primary N) is 1. The number of aromatic nitrogens is 1. The van der Waals surface area contributed by atoms with Crippen LogP contribution in [0.5, 0.6) is 0 Å². The monoisotopic (exact) mass is 399 g/mol. The summed E-state index contributed by atoms with van der Waals surface area (Å²) in [5.41, 5.74) is 7.40. The zero-order valence-electron chi connectivity index (χ0n) is 16.5. The number of carbonyl (C=O) groups is 1. The molecule has 3 fully saturated rings. The summed E-state index contributed by atoms with van der Waals surface area (Å²) in [5, 5.41) is 13.0. The first-order chi connectivity index (χ1) is 13.8. The van der Waals surface area contributed by atoms with Crippen LogP contribution in [0.2, 0.25) is 0 Å². The average molecular weight is 399 g/mol. The molecule has 3 unspecified atom stereocenters. The molecule has 3 aliphatic rings. The number of halogens is 1. The molecule has 1 saturated heterocycles. The number of carboxylic acids is 1. The maximum atomic E-state index is 15.4. The van der Waals surface area contributed by atoms with Gasteiger partial charge in [-0.2, -0.15) is 0 Å². The third-order valence-corrected chi connectivity index (χ3v) is 7.30. The molecule has 7 heteroatoms. The Morgan fingerprint density at radius 2 is 2.14 bits per heavy atom. The number of rotatable bonds is 3. The van der Waals surface area contributed by atoms with Crippen molar-refractivity contribution < 1.29 is 14.3 Å². The summed E-state index contributed by atoms with van der Waals surface area (Å²) in [6.45, 7) is 3.49. The highest BCUT2D eigenvalue weighted by Crippen LogP contribution is 2.57. The minimum atomic E-state index is -1.27. The van der Waals surface area contributed by atoms with Crippen molar-refractivity contribution in [1.82, 2.24) is 9.88 Å². The number of carboxylic acid groups (broad SMARTS) is 1. The van der Waals surface area contributed by atoms with Crippen molar-refractivity contribution >= 4 is 16.9 Å². The minimum absolute atomic E-state index is 0.0390. The second-order valence-corrected chi connectivity index (χ2v) is 9.16. The maximum Gasteiger partial charge on any atom is 0.341 e. The van der Waals surface area contributed by atoms with Crippen LogP contribution in [0.4, 0.5) is 4.39 Å². The fourth-order valence-corrected chi connectivity index (χ4v) is 5.69. The molecule has 154 valence electrons. The maximum absolute atomic E-state index is 15.4. The van der Waals surface area contributed by atoms with E-state index in [1.54, 1.807) is 0 Å². The highest BCUT2D eigenvalue weighted by atomic mass is 19.1. The standard InChI is InChI=1S/C22H26FN3O3/c1-11-18(16-4-5-22(16)7-12(24)8-25-10-22)17(23)6-14-19(11)26(13-2-3-13)9-15(20(14)27)21(28)29/h6,9,12-13,16,25H,2-5,7-8,10,24H2,1H3,(H,28,29). The van der Waals surface area contributed by atoms with E-state index in [4.69, 9.17) is 5.73 Å². The first kappa shape index (κ1) is 18.8. The largest absolute Gasteiger partial charge is 0.477 e. The summed E-state index contributed by atoms with van der Waals surface area (Å²) < 4.78 is 17.3. The van der Waals surface area contributed by atoms with Gasteiger partial charge in [-0.1, -0.05) is 0 Å². The first-order valence-corrected chi connectivity index (χ1v) is 10.4. The molecule has 1 aromatic carbocycles. The lowest BCUT2D eigenvalue weighted by Crippen LogP contribution is -2.56. The number of hydrogen-bond acceptors (Lipinski definition) is 4. The summed E-state index contributed by atoms with van der Waals surface area (Å²) in [5.74, 6) is -1.61. The van der Waals surface area contributed by atoms with E-state index in [0.717, 1.165) is 50.8 Å². The zero-order valence-corrected chi connectivity index (χ0v) is 16.5. The van der Waals surface area contributed by atoms with Gasteiger partial charge in [-0.15, -0.1) is 0 Å². The molecule has 2 heterocycles. The first-order valence-electron chi connectivity index (χ1n) is 10.4. The third-order valence-electron chi connectivity index (χ3n) is 7.30. The number of nitrogens with one attached hydrogen (secondary N) is 1. The predicted molar refractivity (Wildman–Crippen MR) is 108 cm³/mol. The van der Waals surface area contributed by atoms with E-state index in [-0.39, 0.29) is 34.4 Å². The molecule has 0 amide bonds. The average Bonchev–Trinajstić information content (AvgIpc) is 3.49. The molecule has 3 atom stereocenters. The molecule has 2 aliphatic carbocycles. The Morgan fingerprint density at radius 1 is 1.38 bits per heavy atom. The van der Waals surface area contributed by atoms with E-state index < -0.39 is 17.2 Å². The number of fused-ring (bicyclic) bond motifs is 1. The molecule has 2 saturated carbocycles. The van der Waals surface area contributed by atoms with E-state index in [2.05, 4.69) is 5.32 Å². The number of hydrogen-bond donors (Lipinski definition) is 3. The minimum Gasteiger partial charge on any atom is -0.477 e. The van der Waals surface area contributed by atoms with Crippen LogP contribution in [-0.2, 0) is 0 Å². The Hall–Kier alpha value is -2.25.